The number of hydrogen-bond acceptors (Lipinski definition) is 3. The molecule has 0 atom stereocenters. The molecule has 0 bridgehead atoms. The molecule has 2 fully saturated rings. The summed E-state index contributed by atoms with van der Waals surface area (Å²) < 4.78 is 5.92. The van der Waals surface area contributed by atoms with Crippen molar-refractivity contribution in [2.75, 3.05) is 32.8 Å². The van der Waals surface area contributed by atoms with Crippen LogP contribution in [0.3, 0.4) is 0 Å². The molecule has 2 rings (SSSR count). The Kier molecular flexibility index (Phi) is 6.30. The minimum absolute atomic E-state index is 0.259. The maximum absolute atomic E-state index is 12.4. The summed E-state index contributed by atoms with van der Waals surface area (Å²) in [5, 5.41) is 3.32. The van der Waals surface area contributed by atoms with Gasteiger partial charge in [-0.05, 0) is 51.1 Å². The van der Waals surface area contributed by atoms with Gasteiger partial charge in [0.25, 0.3) is 0 Å². The van der Waals surface area contributed by atoms with E-state index in [1.165, 1.54) is 0 Å². The van der Waals surface area contributed by atoms with Crippen LogP contribution in [0.25, 0.3) is 0 Å². The van der Waals surface area contributed by atoms with E-state index in [9.17, 15) is 4.79 Å². The third-order valence-electron chi connectivity index (χ3n) is 4.49. The molecule has 0 aromatic heterocycles. The second-order valence-corrected chi connectivity index (χ2v) is 6.60. The Balaban J connectivity index is 1.66. The monoisotopic (exact) mass is 282 g/mol. The average Bonchev–Trinajstić information content (AvgIpc) is 2.48. The van der Waals surface area contributed by atoms with E-state index in [2.05, 4.69) is 24.1 Å². The zero-order chi connectivity index (χ0) is 14.4. The zero-order valence-corrected chi connectivity index (χ0v) is 13.1. The smallest absolute Gasteiger partial charge is 0.225 e. The number of carbonyl (C=O) groups is 1. The van der Waals surface area contributed by atoms with E-state index in [0.29, 0.717) is 17.9 Å². The van der Waals surface area contributed by atoms with Gasteiger partial charge in [0.1, 0.15) is 0 Å². The van der Waals surface area contributed by atoms with Gasteiger partial charge >= 0.3 is 0 Å². The number of rotatable bonds is 5. The van der Waals surface area contributed by atoms with Crippen LogP contribution in [0.4, 0.5) is 0 Å². The molecule has 2 saturated heterocycles. The molecule has 2 aliphatic heterocycles. The lowest BCUT2D eigenvalue weighted by atomic mass is 9.95. The standard InChI is InChI=1S/C16H30N2O2/c1-13(2)7-12-20-15-5-10-18(11-6-15)16(19)14-3-8-17-9-4-14/h13-15,17H,3-12H2,1-2H3. The van der Waals surface area contributed by atoms with Crippen molar-refractivity contribution >= 4 is 5.91 Å². The summed E-state index contributed by atoms with van der Waals surface area (Å²) in [7, 11) is 0. The van der Waals surface area contributed by atoms with Gasteiger partial charge in [0.05, 0.1) is 6.10 Å². The highest BCUT2D eigenvalue weighted by Gasteiger charge is 2.29. The molecule has 20 heavy (non-hydrogen) atoms. The van der Waals surface area contributed by atoms with Crippen molar-refractivity contribution in [3.8, 4) is 0 Å². The molecule has 4 heteroatoms. The van der Waals surface area contributed by atoms with Crippen LogP contribution in [0.1, 0.15) is 46.0 Å². The molecule has 1 amide bonds. The molecule has 0 saturated carbocycles. The Labute approximate surface area is 123 Å². The minimum Gasteiger partial charge on any atom is -0.378 e. The highest BCUT2D eigenvalue weighted by molar-refractivity contribution is 5.79. The van der Waals surface area contributed by atoms with Gasteiger partial charge in [-0.2, -0.15) is 0 Å². The van der Waals surface area contributed by atoms with E-state index in [4.69, 9.17) is 4.74 Å². The van der Waals surface area contributed by atoms with E-state index in [1.54, 1.807) is 0 Å². The average molecular weight is 282 g/mol. The van der Waals surface area contributed by atoms with E-state index >= 15 is 0 Å². The molecule has 0 unspecified atom stereocenters. The maximum atomic E-state index is 12.4. The van der Waals surface area contributed by atoms with Gasteiger partial charge in [-0.25, -0.2) is 0 Å². The number of likely N-dealkylation sites (tertiary alicyclic amines) is 1. The second kappa shape index (κ2) is 7.99. The summed E-state index contributed by atoms with van der Waals surface area (Å²) in [6.45, 7) is 9.07. The Morgan fingerprint density at radius 3 is 2.45 bits per heavy atom. The van der Waals surface area contributed by atoms with Crippen LogP contribution in [0.5, 0.6) is 0 Å². The number of hydrogen-bond donors (Lipinski definition) is 1. The fraction of sp³-hybridized carbons (Fsp3) is 0.938. The molecular formula is C16H30N2O2. The molecule has 0 aromatic rings. The molecule has 0 spiro atoms. The van der Waals surface area contributed by atoms with E-state index in [0.717, 1.165) is 64.9 Å². The van der Waals surface area contributed by atoms with E-state index in [-0.39, 0.29) is 5.92 Å². The van der Waals surface area contributed by atoms with Gasteiger partial charge in [-0.3, -0.25) is 4.79 Å². The summed E-state index contributed by atoms with van der Waals surface area (Å²) in [4.78, 5) is 14.5. The molecule has 0 aromatic carbocycles. The summed E-state index contributed by atoms with van der Waals surface area (Å²) in [6.07, 6.45) is 5.52. The van der Waals surface area contributed by atoms with Crippen molar-refractivity contribution in [1.82, 2.24) is 10.2 Å². The van der Waals surface area contributed by atoms with Gasteiger partial charge < -0.3 is 15.0 Å². The first-order valence-corrected chi connectivity index (χ1v) is 8.28. The summed E-state index contributed by atoms with van der Waals surface area (Å²) in [5.41, 5.74) is 0. The van der Waals surface area contributed by atoms with Gasteiger partial charge in [0.2, 0.25) is 5.91 Å². The predicted molar refractivity (Wildman–Crippen MR) is 80.6 cm³/mol. The number of nitrogens with one attached hydrogen (secondary N) is 1. The van der Waals surface area contributed by atoms with E-state index in [1.807, 2.05) is 0 Å². The van der Waals surface area contributed by atoms with Crippen LogP contribution < -0.4 is 5.32 Å². The lowest BCUT2D eigenvalue weighted by Crippen LogP contribution is -2.46. The van der Waals surface area contributed by atoms with Crippen LogP contribution in [-0.2, 0) is 9.53 Å². The molecule has 0 aliphatic carbocycles. The molecule has 1 N–H and O–H groups in total. The van der Waals surface area contributed by atoms with Gasteiger partial charge in [-0.15, -0.1) is 0 Å². The third kappa shape index (κ3) is 4.74. The lowest BCUT2D eigenvalue weighted by Gasteiger charge is -2.35. The summed E-state index contributed by atoms with van der Waals surface area (Å²) in [6, 6.07) is 0. The Bertz CT molecular complexity index is 293. The summed E-state index contributed by atoms with van der Waals surface area (Å²) in [5.74, 6) is 1.35. The molecule has 2 heterocycles. The molecule has 2 aliphatic rings. The quantitative estimate of drug-likeness (QED) is 0.839. The van der Waals surface area contributed by atoms with Gasteiger partial charge in [0, 0.05) is 25.6 Å². The Morgan fingerprint density at radius 1 is 1.20 bits per heavy atom. The van der Waals surface area contributed by atoms with Crippen molar-refractivity contribution in [1.29, 1.82) is 0 Å². The Hall–Kier alpha value is -0.610. The number of ether oxygens (including phenoxy) is 1. The molecule has 116 valence electrons. The van der Waals surface area contributed by atoms with Crippen LogP contribution in [0.15, 0.2) is 0 Å². The van der Waals surface area contributed by atoms with Crippen molar-refractivity contribution in [3.63, 3.8) is 0 Å². The van der Waals surface area contributed by atoms with Crippen LogP contribution >= 0.6 is 0 Å². The van der Waals surface area contributed by atoms with E-state index < -0.39 is 0 Å². The molecule has 4 nitrogen and oxygen atoms in total. The second-order valence-electron chi connectivity index (χ2n) is 6.60. The zero-order valence-electron chi connectivity index (χ0n) is 13.1. The van der Waals surface area contributed by atoms with Gasteiger partial charge in [-0.1, -0.05) is 13.8 Å². The first kappa shape index (κ1) is 15.8. The summed E-state index contributed by atoms with van der Waals surface area (Å²) >= 11 is 0. The third-order valence-corrected chi connectivity index (χ3v) is 4.49. The maximum Gasteiger partial charge on any atom is 0.225 e. The first-order valence-electron chi connectivity index (χ1n) is 8.28. The van der Waals surface area contributed by atoms with Crippen LogP contribution in [0, 0.1) is 11.8 Å². The minimum atomic E-state index is 0.259. The highest BCUT2D eigenvalue weighted by Crippen LogP contribution is 2.20. The van der Waals surface area contributed by atoms with Crippen LogP contribution in [-0.4, -0.2) is 49.7 Å². The van der Waals surface area contributed by atoms with Crippen LogP contribution in [0.2, 0.25) is 0 Å². The lowest BCUT2D eigenvalue weighted by molar-refractivity contribution is -0.139. The normalized spacial score (nSPS) is 22.4. The first-order chi connectivity index (χ1) is 9.66. The predicted octanol–water partition coefficient (Wildman–Crippen LogP) is 2.04. The number of piperidine rings is 2. The number of nitrogens with zero attached hydrogens (tertiary/aromatic N) is 1. The van der Waals surface area contributed by atoms with Crippen molar-refractivity contribution < 1.29 is 9.53 Å². The number of carbonyl (C=O) groups excluding carboxylic acids is 1. The molecular weight excluding hydrogens is 252 g/mol. The fourth-order valence-electron chi connectivity index (χ4n) is 3.04. The number of amides is 1. The highest BCUT2D eigenvalue weighted by atomic mass is 16.5. The topological polar surface area (TPSA) is 41.6 Å². The largest absolute Gasteiger partial charge is 0.378 e. The van der Waals surface area contributed by atoms with Crippen molar-refractivity contribution in [2.24, 2.45) is 11.8 Å². The van der Waals surface area contributed by atoms with Gasteiger partial charge in [0.15, 0.2) is 0 Å². The van der Waals surface area contributed by atoms with Crippen molar-refractivity contribution in [2.45, 2.75) is 52.1 Å². The SMILES string of the molecule is CC(C)CCOC1CCN(C(=O)C2CCNCC2)CC1. The molecule has 0 radical (unpaired) electrons. The fourth-order valence-corrected chi connectivity index (χ4v) is 3.04. The van der Waals surface area contributed by atoms with Crippen molar-refractivity contribution in [3.05, 3.63) is 0 Å². The Morgan fingerprint density at radius 2 is 1.85 bits per heavy atom.